The second-order valence-electron chi connectivity index (χ2n) is 6.21. The number of likely N-dealkylation sites (tertiary alicyclic amines) is 1. The van der Waals surface area contributed by atoms with Crippen LogP contribution in [-0.2, 0) is 4.74 Å². The number of benzene rings is 2. The van der Waals surface area contributed by atoms with E-state index >= 15 is 0 Å². The molecule has 0 saturated carbocycles. The van der Waals surface area contributed by atoms with Crippen LogP contribution in [0.2, 0.25) is 0 Å². The third-order valence-corrected chi connectivity index (χ3v) is 4.48. The van der Waals surface area contributed by atoms with Crippen LogP contribution < -0.4 is 0 Å². The number of nitrogens with zero attached hydrogens (tertiary/aromatic N) is 1. The minimum atomic E-state index is -0.345. The van der Waals surface area contributed by atoms with Crippen molar-refractivity contribution in [2.45, 2.75) is 25.8 Å². The highest BCUT2D eigenvalue weighted by Crippen LogP contribution is 2.32. The van der Waals surface area contributed by atoms with E-state index in [2.05, 4.69) is 0 Å². The summed E-state index contributed by atoms with van der Waals surface area (Å²) < 4.78 is 31.7. The summed E-state index contributed by atoms with van der Waals surface area (Å²) in [6, 6.07) is 12.2. The van der Waals surface area contributed by atoms with E-state index in [1.165, 1.54) is 24.3 Å². The Kier molecular flexibility index (Phi) is 5.66. The molecule has 0 N–H and O–H groups in total. The maximum absolute atomic E-state index is 13.4. The molecule has 1 heterocycles. The van der Waals surface area contributed by atoms with Crippen molar-refractivity contribution in [2.75, 3.05) is 13.2 Å². The molecule has 1 fully saturated rings. The molecule has 2 aromatic carbocycles. The fraction of sp³-hybridized carbons (Fsp3) is 0.286. The Bertz CT molecular complexity index is 785. The number of halogens is 2. The van der Waals surface area contributed by atoms with E-state index in [0.717, 1.165) is 29.5 Å². The summed E-state index contributed by atoms with van der Waals surface area (Å²) >= 11 is 0. The van der Waals surface area contributed by atoms with Crippen LogP contribution in [0.15, 0.2) is 48.5 Å². The summed E-state index contributed by atoms with van der Waals surface area (Å²) in [5.74, 6) is -0.622. The molecule has 1 amide bonds. The van der Waals surface area contributed by atoms with Crippen LogP contribution in [0.1, 0.15) is 30.9 Å². The lowest BCUT2D eigenvalue weighted by Crippen LogP contribution is -2.36. The fourth-order valence-electron chi connectivity index (χ4n) is 3.27. The number of rotatable bonds is 4. The van der Waals surface area contributed by atoms with E-state index in [-0.39, 0.29) is 23.8 Å². The van der Waals surface area contributed by atoms with Gasteiger partial charge in [-0.1, -0.05) is 24.3 Å². The zero-order valence-electron chi connectivity index (χ0n) is 14.6. The number of hydrogen-bond donors (Lipinski definition) is 0. The number of hydrogen-bond acceptors (Lipinski definition) is 2. The van der Waals surface area contributed by atoms with Crippen molar-refractivity contribution in [1.29, 1.82) is 0 Å². The fourth-order valence-corrected chi connectivity index (χ4v) is 3.27. The first-order valence-corrected chi connectivity index (χ1v) is 8.75. The largest absolute Gasteiger partial charge is 0.450 e. The minimum absolute atomic E-state index is 0.162. The molecular formula is C21H21F2NO2. The lowest BCUT2D eigenvalue weighted by Gasteiger charge is -2.26. The lowest BCUT2D eigenvalue weighted by molar-refractivity contribution is 0.110. The highest BCUT2D eigenvalue weighted by molar-refractivity contribution is 5.86. The summed E-state index contributed by atoms with van der Waals surface area (Å²) in [7, 11) is 0. The topological polar surface area (TPSA) is 29.5 Å². The van der Waals surface area contributed by atoms with Crippen molar-refractivity contribution in [3.05, 3.63) is 71.3 Å². The molecule has 0 radical (unpaired) electrons. The average molecular weight is 357 g/mol. The van der Waals surface area contributed by atoms with Gasteiger partial charge in [0.2, 0.25) is 0 Å². The van der Waals surface area contributed by atoms with Crippen molar-refractivity contribution >= 4 is 17.7 Å². The van der Waals surface area contributed by atoms with Gasteiger partial charge in [-0.15, -0.1) is 0 Å². The second-order valence-corrected chi connectivity index (χ2v) is 6.21. The van der Waals surface area contributed by atoms with Crippen LogP contribution >= 0.6 is 0 Å². The SMILES string of the molecule is CCOC(=O)N1CCCC1/C(=C/c1ccc(F)cc1)c1ccc(F)cc1. The van der Waals surface area contributed by atoms with Crippen LogP contribution in [0.4, 0.5) is 13.6 Å². The predicted molar refractivity (Wildman–Crippen MR) is 97.4 cm³/mol. The van der Waals surface area contributed by atoms with Gasteiger partial charge < -0.3 is 9.64 Å². The molecule has 3 rings (SSSR count). The first-order valence-electron chi connectivity index (χ1n) is 8.75. The molecule has 1 aliphatic rings. The van der Waals surface area contributed by atoms with Crippen molar-refractivity contribution in [3.8, 4) is 0 Å². The molecule has 3 nitrogen and oxygen atoms in total. The normalized spacial score (nSPS) is 17.4. The summed E-state index contributed by atoms with van der Waals surface area (Å²) in [5, 5.41) is 0. The van der Waals surface area contributed by atoms with Crippen molar-refractivity contribution < 1.29 is 18.3 Å². The summed E-state index contributed by atoms with van der Waals surface area (Å²) in [5.41, 5.74) is 2.54. The Labute approximate surface area is 151 Å². The highest BCUT2D eigenvalue weighted by Gasteiger charge is 2.32. The molecule has 0 aliphatic carbocycles. The van der Waals surface area contributed by atoms with E-state index in [4.69, 9.17) is 4.74 Å². The molecule has 1 atom stereocenters. The number of ether oxygens (including phenoxy) is 1. The molecule has 26 heavy (non-hydrogen) atoms. The summed E-state index contributed by atoms with van der Waals surface area (Å²) in [4.78, 5) is 14.0. The van der Waals surface area contributed by atoms with Gasteiger partial charge in [0.25, 0.3) is 0 Å². The Balaban J connectivity index is 2.01. The zero-order valence-corrected chi connectivity index (χ0v) is 14.6. The van der Waals surface area contributed by atoms with E-state index in [0.29, 0.717) is 13.2 Å². The summed E-state index contributed by atoms with van der Waals surface area (Å²) in [6.07, 6.45) is 3.24. The molecule has 2 aromatic rings. The monoisotopic (exact) mass is 357 g/mol. The first kappa shape index (κ1) is 18.1. The number of amides is 1. The van der Waals surface area contributed by atoms with Gasteiger partial charge in [-0.05, 0) is 66.8 Å². The molecule has 1 saturated heterocycles. The number of carbonyl (C=O) groups is 1. The van der Waals surface area contributed by atoms with Crippen molar-refractivity contribution in [3.63, 3.8) is 0 Å². The third kappa shape index (κ3) is 4.10. The maximum Gasteiger partial charge on any atom is 0.410 e. The van der Waals surface area contributed by atoms with E-state index in [1.54, 1.807) is 36.1 Å². The van der Waals surface area contributed by atoms with Crippen LogP contribution in [0, 0.1) is 11.6 Å². The van der Waals surface area contributed by atoms with Gasteiger partial charge >= 0.3 is 6.09 Å². The Morgan fingerprint density at radius 3 is 2.35 bits per heavy atom. The Morgan fingerprint density at radius 1 is 1.12 bits per heavy atom. The van der Waals surface area contributed by atoms with Crippen molar-refractivity contribution in [2.24, 2.45) is 0 Å². The Morgan fingerprint density at radius 2 is 1.73 bits per heavy atom. The van der Waals surface area contributed by atoms with Gasteiger partial charge in [0.05, 0.1) is 12.6 Å². The van der Waals surface area contributed by atoms with Crippen LogP contribution in [0.25, 0.3) is 11.6 Å². The van der Waals surface area contributed by atoms with E-state index in [9.17, 15) is 13.6 Å². The zero-order chi connectivity index (χ0) is 18.5. The highest BCUT2D eigenvalue weighted by atomic mass is 19.1. The minimum Gasteiger partial charge on any atom is -0.450 e. The molecular weight excluding hydrogens is 336 g/mol. The van der Waals surface area contributed by atoms with Crippen LogP contribution in [-0.4, -0.2) is 30.2 Å². The molecule has 136 valence electrons. The van der Waals surface area contributed by atoms with Gasteiger partial charge in [-0.25, -0.2) is 13.6 Å². The maximum atomic E-state index is 13.4. The molecule has 0 aromatic heterocycles. The second kappa shape index (κ2) is 8.13. The first-order chi connectivity index (χ1) is 12.6. The average Bonchev–Trinajstić information content (AvgIpc) is 3.12. The van der Waals surface area contributed by atoms with Gasteiger partial charge in [0.1, 0.15) is 11.6 Å². The Hall–Kier alpha value is -2.69. The van der Waals surface area contributed by atoms with Crippen molar-refractivity contribution in [1.82, 2.24) is 4.90 Å². The predicted octanol–water partition coefficient (Wildman–Crippen LogP) is 5.13. The lowest BCUT2D eigenvalue weighted by atomic mass is 9.94. The molecule has 1 unspecified atom stereocenters. The van der Waals surface area contributed by atoms with E-state index in [1.807, 2.05) is 6.08 Å². The molecule has 0 spiro atoms. The number of carbonyl (C=O) groups excluding carboxylic acids is 1. The molecule has 0 bridgehead atoms. The molecule has 5 heteroatoms. The standard InChI is InChI=1S/C21H21F2NO2/c1-2-26-21(25)24-13-3-4-20(24)19(16-7-11-18(23)12-8-16)14-15-5-9-17(22)10-6-15/h5-12,14,20H,2-4,13H2,1H3/b19-14+. The third-order valence-electron chi connectivity index (χ3n) is 4.48. The van der Waals surface area contributed by atoms with Crippen LogP contribution in [0.3, 0.4) is 0 Å². The quantitative estimate of drug-likeness (QED) is 0.710. The van der Waals surface area contributed by atoms with Gasteiger partial charge in [0.15, 0.2) is 0 Å². The van der Waals surface area contributed by atoms with Gasteiger partial charge in [-0.3, -0.25) is 0 Å². The molecule has 1 aliphatic heterocycles. The van der Waals surface area contributed by atoms with Gasteiger partial charge in [0, 0.05) is 6.54 Å². The summed E-state index contributed by atoms with van der Waals surface area (Å²) in [6.45, 7) is 2.71. The van der Waals surface area contributed by atoms with Crippen LogP contribution in [0.5, 0.6) is 0 Å². The smallest absolute Gasteiger partial charge is 0.410 e. The van der Waals surface area contributed by atoms with Gasteiger partial charge in [-0.2, -0.15) is 0 Å². The van der Waals surface area contributed by atoms with E-state index < -0.39 is 0 Å².